The molecule has 0 aliphatic rings. The lowest BCUT2D eigenvalue weighted by Crippen LogP contribution is -2.28. The van der Waals surface area contributed by atoms with E-state index in [4.69, 9.17) is 9.15 Å². The Morgan fingerprint density at radius 3 is 2.71 bits per heavy atom. The predicted molar refractivity (Wildman–Crippen MR) is 108 cm³/mol. The lowest BCUT2D eigenvalue weighted by Gasteiger charge is -2.16. The van der Waals surface area contributed by atoms with Gasteiger partial charge in [0, 0.05) is 29.3 Å². The first-order valence-corrected chi connectivity index (χ1v) is 9.84. The SMILES string of the molecule is CCc1cc2c(C)cc(=O)oc2cc1OC(=O)CC(NC(C)=O)c1cccs1. The van der Waals surface area contributed by atoms with E-state index in [1.54, 1.807) is 6.07 Å². The Hall–Kier alpha value is -2.93. The molecule has 1 amide bonds. The van der Waals surface area contributed by atoms with Crippen molar-refractivity contribution in [3.05, 3.63) is 62.1 Å². The standard InChI is InChI=1S/C21H21NO5S/c1-4-14-9-15-12(2)8-20(24)27-18(15)11-17(14)26-21(25)10-16(22-13(3)23)19-6-5-7-28-19/h5-9,11,16H,4,10H2,1-3H3,(H,22,23). The van der Waals surface area contributed by atoms with E-state index in [0.717, 1.165) is 21.4 Å². The molecule has 0 aliphatic heterocycles. The Morgan fingerprint density at radius 1 is 1.29 bits per heavy atom. The van der Waals surface area contributed by atoms with Crippen LogP contribution in [0.25, 0.3) is 11.0 Å². The molecule has 1 unspecified atom stereocenters. The van der Waals surface area contributed by atoms with Crippen LogP contribution in [0.1, 0.15) is 42.3 Å². The predicted octanol–water partition coefficient (Wildman–Crippen LogP) is 3.90. The number of hydrogen-bond acceptors (Lipinski definition) is 6. The topological polar surface area (TPSA) is 85.6 Å². The van der Waals surface area contributed by atoms with Crippen LogP contribution in [0, 0.1) is 6.92 Å². The number of ether oxygens (including phenoxy) is 1. The van der Waals surface area contributed by atoms with Gasteiger partial charge in [-0.15, -0.1) is 11.3 Å². The zero-order valence-corrected chi connectivity index (χ0v) is 16.7. The number of carbonyl (C=O) groups excluding carboxylic acids is 2. The summed E-state index contributed by atoms with van der Waals surface area (Å²) in [5, 5.41) is 5.48. The largest absolute Gasteiger partial charge is 0.426 e. The summed E-state index contributed by atoms with van der Waals surface area (Å²) in [5.41, 5.74) is 1.57. The minimum absolute atomic E-state index is 0.000942. The first-order valence-electron chi connectivity index (χ1n) is 8.96. The fourth-order valence-corrected chi connectivity index (χ4v) is 3.83. The summed E-state index contributed by atoms with van der Waals surface area (Å²) in [4.78, 5) is 36.6. The zero-order chi connectivity index (χ0) is 20.3. The summed E-state index contributed by atoms with van der Waals surface area (Å²) in [7, 11) is 0. The van der Waals surface area contributed by atoms with E-state index in [1.807, 2.05) is 37.4 Å². The smallest absolute Gasteiger partial charge is 0.336 e. The molecule has 1 aromatic carbocycles. The molecule has 3 aromatic rings. The van der Waals surface area contributed by atoms with Crippen LogP contribution in [0.5, 0.6) is 5.75 Å². The van der Waals surface area contributed by atoms with Crippen molar-refractivity contribution in [2.75, 3.05) is 0 Å². The number of thiophene rings is 1. The van der Waals surface area contributed by atoms with Gasteiger partial charge in [-0.3, -0.25) is 9.59 Å². The lowest BCUT2D eigenvalue weighted by atomic mass is 10.1. The number of fused-ring (bicyclic) bond motifs is 1. The van der Waals surface area contributed by atoms with Gasteiger partial charge in [-0.2, -0.15) is 0 Å². The van der Waals surface area contributed by atoms with Gasteiger partial charge in [-0.1, -0.05) is 13.0 Å². The molecule has 28 heavy (non-hydrogen) atoms. The third-order valence-corrected chi connectivity index (χ3v) is 5.36. The molecule has 0 aliphatic carbocycles. The van der Waals surface area contributed by atoms with Crippen LogP contribution < -0.4 is 15.7 Å². The van der Waals surface area contributed by atoms with E-state index < -0.39 is 17.6 Å². The molecule has 7 heteroatoms. The molecule has 2 heterocycles. The highest BCUT2D eigenvalue weighted by Crippen LogP contribution is 2.29. The number of carbonyl (C=O) groups is 2. The van der Waals surface area contributed by atoms with Gasteiger partial charge >= 0.3 is 11.6 Å². The van der Waals surface area contributed by atoms with Gasteiger partial charge < -0.3 is 14.5 Å². The van der Waals surface area contributed by atoms with E-state index >= 15 is 0 Å². The second kappa shape index (κ2) is 8.39. The Morgan fingerprint density at radius 2 is 2.07 bits per heavy atom. The van der Waals surface area contributed by atoms with Gasteiger partial charge in [0.25, 0.3) is 0 Å². The van der Waals surface area contributed by atoms with Gasteiger partial charge in [-0.25, -0.2) is 4.79 Å². The second-order valence-electron chi connectivity index (χ2n) is 6.50. The quantitative estimate of drug-likeness (QED) is 0.386. The Labute approximate surface area is 166 Å². The molecule has 3 rings (SSSR count). The van der Waals surface area contributed by atoms with Crippen molar-refractivity contribution in [2.45, 2.75) is 39.7 Å². The number of hydrogen-bond donors (Lipinski definition) is 1. The van der Waals surface area contributed by atoms with Crippen molar-refractivity contribution in [2.24, 2.45) is 0 Å². The number of nitrogens with one attached hydrogen (secondary N) is 1. The molecule has 1 N–H and O–H groups in total. The van der Waals surface area contributed by atoms with Crippen LogP contribution in [0.3, 0.4) is 0 Å². The fourth-order valence-electron chi connectivity index (χ4n) is 3.05. The number of rotatable bonds is 6. The molecule has 146 valence electrons. The maximum atomic E-state index is 12.6. The van der Waals surface area contributed by atoms with Gasteiger partial charge in [0.2, 0.25) is 5.91 Å². The fraction of sp³-hybridized carbons (Fsp3) is 0.286. The molecule has 0 fully saturated rings. The van der Waals surface area contributed by atoms with Gasteiger partial charge in [0.05, 0.1) is 12.5 Å². The van der Waals surface area contributed by atoms with Crippen molar-refractivity contribution in [1.82, 2.24) is 5.32 Å². The summed E-state index contributed by atoms with van der Waals surface area (Å²) in [6.07, 6.45) is 0.649. The van der Waals surface area contributed by atoms with E-state index in [-0.39, 0.29) is 12.3 Å². The highest BCUT2D eigenvalue weighted by atomic mass is 32.1. The van der Waals surface area contributed by atoms with E-state index in [0.29, 0.717) is 17.8 Å². The molecule has 0 bridgehead atoms. The zero-order valence-electron chi connectivity index (χ0n) is 15.9. The summed E-state index contributed by atoms with van der Waals surface area (Å²) in [6.45, 7) is 5.21. The third kappa shape index (κ3) is 4.48. The number of benzene rings is 1. The molecule has 1 atom stereocenters. The van der Waals surface area contributed by atoms with Crippen LogP contribution in [-0.4, -0.2) is 11.9 Å². The molecular formula is C21H21NO5S. The van der Waals surface area contributed by atoms with Gasteiger partial charge in [-0.05, 0) is 42.0 Å². The van der Waals surface area contributed by atoms with E-state index in [9.17, 15) is 14.4 Å². The maximum Gasteiger partial charge on any atom is 0.336 e. The van der Waals surface area contributed by atoms with Crippen molar-refractivity contribution in [3.63, 3.8) is 0 Å². The Bertz CT molecular complexity index is 1070. The third-order valence-electron chi connectivity index (χ3n) is 4.37. The van der Waals surface area contributed by atoms with Crippen molar-refractivity contribution < 1.29 is 18.7 Å². The monoisotopic (exact) mass is 399 g/mol. The van der Waals surface area contributed by atoms with Crippen LogP contribution in [0.2, 0.25) is 0 Å². The molecule has 0 saturated heterocycles. The first kappa shape index (κ1) is 19.8. The average Bonchev–Trinajstić information content (AvgIpc) is 3.14. The second-order valence-corrected chi connectivity index (χ2v) is 7.48. The average molecular weight is 399 g/mol. The van der Waals surface area contributed by atoms with E-state index in [2.05, 4.69) is 5.32 Å². The molecular weight excluding hydrogens is 378 g/mol. The molecule has 0 radical (unpaired) electrons. The van der Waals surface area contributed by atoms with Crippen molar-refractivity contribution in [1.29, 1.82) is 0 Å². The minimum Gasteiger partial charge on any atom is -0.426 e. The summed E-state index contributed by atoms with van der Waals surface area (Å²) in [6, 6.07) is 8.18. The van der Waals surface area contributed by atoms with Crippen molar-refractivity contribution >= 4 is 34.2 Å². The van der Waals surface area contributed by atoms with Crippen LogP contribution in [0.15, 0.2) is 44.9 Å². The van der Waals surface area contributed by atoms with Crippen LogP contribution in [0.4, 0.5) is 0 Å². The Kier molecular flexibility index (Phi) is 5.94. The van der Waals surface area contributed by atoms with Crippen LogP contribution >= 0.6 is 11.3 Å². The Balaban J connectivity index is 1.87. The maximum absolute atomic E-state index is 12.6. The molecule has 2 aromatic heterocycles. The molecule has 0 saturated carbocycles. The normalized spacial score (nSPS) is 12.0. The first-order chi connectivity index (χ1) is 13.4. The van der Waals surface area contributed by atoms with Crippen molar-refractivity contribution in [3.8, 4) is 5.75 Å². The summed E-state index contributed by atoms with van der Waals surface area (Å²) in [5.74, 6) is -0.332. The molecule has 0 spiro atoms. The highest BCUT2D eigenvalue weighted by molar-refractivity contribution is 7.10. The number of aryl methyl sites for hydroxylation is 2. The van der Waals surface area contributed by atoms with Crippen LogP contribution in [-0.2, 0) is 16.0 Å². The van der Waals surface area contributed by atoms with Gasteiger partial charge in [0.1, 0.15) is 11.3 Å². The minimum atomic E-state index is -0.476. The lowest BCUT2D eigenvalue weighted by molar-refractivity contribution is -0.135. The summed E-state index contributed by atoms with van der Waals surface area (Å²) < 4.78 is 10.8. The molecule has 6 nitrogen and oxygen atoms in total. The summed E-state index contributed by atoms with van der Waals surface area (Å²) >= 11 is 1.46. The highest BCUT2D eigenvalue weighted by Gasteiger charge is 2.21. The van der Waals surface area contributed by atoms with E-state index in [1.165, 1.54) is 24.3 Å². The van der Waals surface area contributed by atoms with Gasteiger partial charge in [0.15, 0.2) is 0 Å². The number of esters is 1. The number of amides is 1.